The molecule has 1 aliphatic carbocycles. The highest BCUT2D eigenvalue weighted by molar-refractivity contribution is 7.92. The Hall–Kier alpha value is -3.07. The van der Waals surface area contributed by atoms with Crippen LogP contribution in [-0.4, -0.2) is 29.9 Å². The van der Waals surface area contributed by atoms with Gasteiger partial charge in [0.25, 0.3) is 0 Å². The number of carbonyl (C=O) groups is 1. The van der Waals surface area contributed by atoms with E-state index in [2.05, 4.69) is 20.8 Å². The smallest absolute Gasteiger partial charge is 0.232 e. The van der Waals surface area contributed by atoms with Gasteiger partial charge in [0.1, 0.15) is 11.5 Å². The van der Waals surface area contributed by atoms with Crippen LogP contribution >= 0.6 is 0 Å². The summed E-state index contributed by atoms with van der Waals surface area (Å²) in [6.45, 7) is 1.67. The lowest BCUT2D eigenvalue weighted by atomic mass is 10.00. The molecule has 1 aromatic carbocycles. The molecular formula is C23H23F2N3O3S. The Balaban J connectivity index is 1.63. The first-order valence-corrected chi connectivity index (χ1v) is 12.1. The predicted molar refractivity (Wildman–Crippen MR) is 120 cm³/mol. The molecule has 0 amide bonds. The Kier molecular flexibility index (Phi) is 6.10. The monoisotopic (exact) mass is 459 g/mol. The molecule has 9 heteroatoms. The third-order valence-electron chi connectivity index (χ3n) is 5.45. The molecule has 0 aliphatic heterocycles. The minimum Gasteiger partial charge on any atom is -0.346 e. The zero-order valence-electron chi connectivity index (χ0n) is 17.5. The summed E-state index contributed by atoms with van der Waals surface area (Å²) in [5.74, 6) is -3.27. The van der Waals surface area contributed by atoms with Crippen LogP contribution in [-0.2, 0) is 16.4 Å². The van der Waals surface area contributed by atoms with E-state index in [4.69, 9.17) is 0 Å². The molecule has 0 bridgehead atoms. The van der Waals surface area contributed by atoms with E-state index >= 15 is 0 Å². The van der Waals surface area contributed by atoms with Crippen LogP contribution in [0.1, 0.15) is 54.1 Å². The summed E-state index contributed by atoms with van der Waals surface area (Å²) in [4.78, 5) is 20.3. The maximum Gasteiger partial charge on any atom is 0.232 e. The Bertz CT molecular complexity index is 1330. The van der Waals surface area contributed by atoms with Gasteiger partial charge in [0.15, 0.2) is 11.6 Å². The SMILES string of the molecule is CCCS(=O)(=O)Nc1ccc(F)c(C(=O)Cc2cnc3[nH]cc(C4=CCCC4)c3c2)c1F. The van der Waals surface area contributed by atoms with E-state index in [9.17, 15) is 22.0 Å². The van der Waals surface area contributed by atoms with Crippen molar-refractivity contribution in [1.29, 1.82) is 0 Å². The van der Waals surface area contributed by atoms with Crippen LogP contribution in [0.25, 0.3) is 16.6 Å². The second-order valence-corrected chi connectivity index (χ2v) is 9.71. The maximum atomic E-state index is 14.9. The minimum atomic E-state index is -3.79. The lowest BCUT2D eigenvalue weighted by molar-refractivity contribution is 0.0985. The highest BCUT2D eigenvalue weighted by atomic mass is 32.2. The number of ketones is 1. The fourth-order valence-electron chi connectivity index (χ4n) is 3.97. The summed E-state index contributed by atoms with van der Waals surface area (Å²) < 4.78 is 55.3. The van der Waals surface area contributed by atoms with Gasteiger partial charge >= 0.3 is 0 Å². The molecule has 2 aromatic heterocycles. The number of aromatic nitrogens is 2. The Morgan fingerprint density at radius 3 is 2.81 bits per heavy atom. The summed E-state index contributed by atoms with van der Waals surface area (Å²) >= 11 is 0. The van der Waals surface area contributed by atoms with Gasteiger partial charge in [-0.3, -0.25) is 9.52 Å². The molecule has 0 radical (unpaired) electrons. The van der Waals surface area contributed by atoms with Gasteiger partial charge in [-0.05, 0) is 55.0 Å². The lowest BCUT2D eigenvalue weighted by Gasteiger charge is -2.11. The number of aromatic amines is 1. The topological polar surface area (TPSA) is 91.9 Å². The molecule has 0 unspecified atom stereocenters. The maximum absolute atomic E-state index is 14.9. The third kappa shape index (κ3) is 4.43. The van der Waals surface area contributed by atoms with E-state index in [1.165, 1.54) is 11.8 Å². The molecule has 4 rings (SSSR count). The molecule has 3 aromatic rings. The summed E-state index contributed by atoms with van der Waals surface area (Å²) in [5, 5.41) is 0.852. The van der Waals surface area contributed by atoms with E-state index in [0.29, 0.717) is 17.6 Å². The van der Waals surface area contributed by atoms with E-state index in [1.807, 2.05) is 6.20 Å². The van der Waals surface area contributed by atoms with Crippen LogP contribution in [0.5, 0.6) is 0 Å². The molecule has 0 saturated heterocycles. The average molecular weight is 460 g/mol. The average Bonchev–Trinajstić information content (AvgIpc) is 3.39. The summed E-state index contributed by atoms with van der Waals surface area (Å²) in [6.07, 6.45) is 8.68. The number of allylic oxidation sites excluding steroid dienone is 2. The molecule has 0 spiro atoms. The molecule has 1 aliphatic rings. The van der Waals surface area contributed by atoms with Crippen molar-refractivity contribution in [2.75, 3.05) is 10.5 Å². The molecule has 0 saturated carbocycles. The van der Waals surface area contributed by atoms with E-state index in [1.54, 1.807) is 13.0 Å². The van der Waals surface area contributed by atoms with Crippen molar-refractivity contribution in [3.05, 3.63) is 65.0 Å². The van der Waals surface area contributed by atoms with E-state index in [0.717, 1.165) is 42.3 Å². The largest absolute Gasteiger partial charge is 0.346 e. The lowest BCUT2D eigenvalue weighted by Crippen LogP contribution is -2.19. The number of halogens is 2. The summed E-state index contributed by atoms with van der Waals surface area (Å²) in [6, 6.07) is 3.66. The van der Waals surface area contributed by atoms with Crippen LogP contribution < -0.4 is 4.72 Å². The first kappa shape index (κ1) is 22.1. The van der Waals surface area contributed by atoms with Crippen LogP contribution in [0.3, 0.4) is 0 Å². The first-order valence-electron chi connectivity index (χ1n) is 10.5. The zero-order chi connectivity index (χ0) is 22.9. The Labute approximate surface area is 184 Å². The molecule has 168 valence electrons. The normalized spacial score (nSPS) is 14.0. The summed E-state index contributed by atoms with van der Waals surface area (Å²) in [7, 11) is -3.79. The quantitative estimate of drug-likeness (QED) is 0.465. The molecule has 0 fully saturated rings. The van der Waals surface area contributed by atoms with Crippen LogP contribution in [0.2, 0.25) is 0 Å². The number of pyridine rings is 1. The molecular weight excluding hydrogens is 436 g/mol. The van der Waals surface area contributed by atoms with Gasteiger partial charge in [0.05, 0.1) is 17.0 Å². The van der Waals surface area contributed by atoms with Crippen LogP contribution in [0.15, 0.2) is 36.7 Å². The van der Waals surface area contributed by atoms with Crippen LogP contribution in [0, 0.1) is 11.6 Å². The van der Waals surface area contributed by atoms with Crippen molar-refractivity contribution < 1.29 is 22.0 Å². The molecule has 32 heavy (non-hydrogen) atoms. The number of carbonyl (C=O) groups excluding carboxylic acids is 1. The molecule has 2 N–H and O–H groups in total. The van der Waals surface area contributed by atoms with Crippen molar-refractivity contribution >= 4 is 38.1 Å². The van der Waals surface area contributed by atoms with Crippen molar-refractivity contribution in [2.24, 2.45) is 0 Å². The van der Waals surface area contributed by atoms with Crippen molar-refractivity contribution in [1.82, 2.24) is 9.97 Å². The standard InChI is InChI=1S/C23H23F2N3O3S/c1-2-9-32(30,31)28-19-8-7-18(24)21(22(19)25)20(29)11-14-10-16-17(15-5-3-4-6-15)13-27-23(16)26-12-14/h5,7-8,10,12-13,28H,2-4,6,9,11H2,1H3,(H,26,27). The van der Waals surface area contributed by atoms with Crippen molar-refractivity contribution in [3.63, 3.8) is 0 Å². The molecule has 6 nitrogen and oxygen atoms in total. The predicted octanol–water partition coefficient (Wildman–Crippen LogP) is 4.99. The van der Waals surface area contributed by atoms with Gasteiger partial charge < -0.3 is 4.98 Å². The number of H-pyrrole nitrogens is 1. The second-order valence-electron chi connectivity index (χ2n) is 7.87. The Morgan fingerprint density at radius 2 is 2.09 bits per heavy atom. The van der Waals surface area contributed by atoms with Gasteiger partial charge in [-0.1, -0.05) is 13.0 Å². The number of nitrogens with one attached hydrogen (secondary N) is 2. The number of Topliss-reactive ketones (excluding diaryl/α,β-unsaturated/α-hetero) is 1. The minimum absolute atomic E-state index is 0.214. The number of anilines is 1. The second kappa shape index (κ2) is 8.82. The van der Waals surface area contributed by atoms with E-state index < -0.39 is 38.7 Å². The van der Waals surface area contributed by atoms with Gasteiger partial charge in [-0.15, -0.1) is 0 Å². The third-order valence-corrected chi connectivity index (χ3v) is 6.92. The number of nitrogens with zero attached hydrogens (tertiary/aromatic N) is 1. The summed E-state index contributed by atoms with van der Waals surface area (Å²) in [5.41, 5.74) is 2.20. The zero-order valence-corrected chi connectivity index (χ0v) is 18.4. The first-order chi connectivity index (χ1) is 15.3. The van der Waals surface area contributed by atoms with Gasteiger partial charge in [0.2, 0.25) is 10.0 Å². The fourth-order valence-corrected chi connectivity index (χ4v) is 5.10. The van der Waals surface area contributed by atoms with Crippen molar-refractivity contribution in [3.8, 4) is 0 Å². The number of fused-ring (bicyclic) bond motifs is 1. The van der Waals surface area contributed by atoms with Gasteiger partial charge in [0, 0.05) is 29.8 Å². The highest BCUT2D eigenvalue weighted by Gasteiger charge is 2.23. The number of sulfonamides is 1. The van der Waals surface area contributed by atoms with E-state index in [-0.39, 0.29) is 12.2 Å². The number of hydrogen-bond acceptors (Lipinski definition) is 4. The molecule has 2 heterocycles. The number of benzene rings is 1. The van der Waals surface area contributed by atoms with Gasteiger partial charge in [-0.25, -0.2) is 22.2 Å². The number of hydrogen-bond donors (Lipinski definition) is 2. The molecule has 0 atom stereocenters. The van der Waals surface area contributed by atoms with Crippen molar-refractivity contribution in [2.45, 2.75) is 39.0 Å². The van der Waals surface area contributed by atoms with Gasteiger partial charge in [-0.2, -0.15) is 0 Å². The fraction of sp³-hybridized carbons (Fsp3) is 0.304. The highest BCUT2D eigenvalue weighted by Crippen LogP contribution is 2.32. The van der Waals surface area contributed by atoms with Crippen LogP contribution in [0.4, 0.5) is 14.5 Å². The number of rotatable bonds is 8. The Morgan fingerprint density at radius 1 is 1.28 bits per heavy atom.